The van der Waals surface area contributed by atoms with Crippen molar-refractivity contribution < 1.29 is 9.59 Å². The molecule has 2 amide bonds. The zero-order valence-electron chi connectivity index (χ0n) is 10.6. The molecule has 0 spiro atoms. The summed E-state index contributed by atoms with van der Waals surface area (Å²) in [6.45, 7) is 1.72. The summed E-state index contributed by atoms with van der Waals surface area (Å²) < 4.78 is 0. The lowest BCUT2D eigenvalue weighted by Crippen LogP contribution is -2.40. The molecule has 5 nitrogen and oxygen atoms in total. The van der Waals surface area contributed by atoms with E-state index in [9.17, 15) is 9.59 Å². The van der Waals surface area contributed by atoms with Crippen LogP contribution in [0.2, 0.25) is 0 Å². The quantitative estimate of drug-likeness (QED) is 0.696. The summed E-state index contributed by atoms with van der Waals surface area (Å²) in [5.41, 5.74) is 6.92. The molecule has 0 heterocycles. The van der Waals surface area contributed by atoms with E-state index in [1.54, 1.807) is 6.92 Å². The van der Waals surface area contributed by atoms with Crippen molar-refractivity contribution in [3.8, 4) is 0 Å². The van der Waals surface area contributed by atoms with E-state index in [-0.39, 0.29) is 24.4 Å². The molecule has 0 saturated heterocycles. The molecule has 2 atom stereocenters. The average Bonchev–Trinajstić information content (AvgIpc) is 2.43. The number of hydrogen-bond acceptors (Lipinski definition) is 3. The van der Waals surface area contributed by atoms with Crippen LogP contribution in [0.5, 0.6) is 0 Å². The average molecular weight is 249 g/mol. The Balaban J connectivity index is 2.56. The number of hydrogen-bond donors (Lipinski definition) is 3. The van der Waals surface area contributed by atoms with Crippen LogP contribution in [-0.2, 0) is 9.59 Å². The summed E-state index contributed by atoms with van der Waals surface area (Å²) in [5.74, 6) is -0.851. The molecule has 0 aliphatic rings. The summed E-state index contributed by atoms with van der Waals surface area (Å²) in [5, 5.41) is 4.99. The number of carbonyl (C=O) groups excluding carboxylic acids is 2. The standard InChI is InChI=1S/C13H19N3O2/c1-9(13(18)16-8-11(17)15-2)12(14)10-6-4-3-5-7-10/h3-7,9,12H,8,14H2,1-2H3,(H,15,17)(H,16,18). The molecule has 0 fully saturated rings. The summed E-state index contributed by atoms with van der Waals surface area (Å²) >= 11 is 0. The second kappa shape index (κ2) is 6.76. The summed E-state index contributed by atoms with van der Waals surface area (Å²) in [6.07, 6.45) is 0. The molecule has 0 saturated carbocycles. The number of benzene rings is 1. The number of amides is 2. The van der Waals surface area contributed by atoms with Crippen LogP contribution < -0.4 is 16.4 Å². The smallest absolute Gasteiger partial charge is 0.239 e. The molecule has 2 unspecified atom stereocenters. The Morgan fingerprint density at radius 2 is 1.89 bits per heavy atom. The topological polar surface area (TPSA) is 84.2 Å². The lowest BCUT2D eigenvalue weighted by molar-refractivity contribution is -0.128. The van der Waals surface area contributed by atoms with Gasteiger partial charge in [-0.1, -0.05) is 37.3 Å². The Bertz CT molecular complexity index is 406. The van der Waals surface area contributed by atoms with Gasteiger partial charge in [-0.15, -0.1) is 0 Å². The maximum atomic E-state index is 11.8. The lowest BCUT2D eigenvalue weighted by atomic mass is 9.95. The first kappa shape index (κ1) is 14.2. The lowest BCUT2D eigenvalue weighted by Gasteiger charge is -2.19. The van der Waals surface area contributed by atoms with Gasteiger partial charge in [0.2, 0.25) is 11.8 Å². The number of carbonyl (C=O) groups is 2. The van der Waals surface area contributed by atoms with Crippen molar-refractivity contribution >= 4 is 11.8 Å². The minimum atomic E-state index is -0.392. The van der Waals surface area contributed by atoms with Crippen LogP contribution in [0, 0.1) is 5.92 Å². The molecule has 1 aromatic carbocycles. The first-order valence-electron chi connectivity index (χ1n) is 5.85. The normalized spacial score (nSPS) is 13.5. The van der Waals surface area contributed by atoms with Crippen LogP contribution >= 0.6 is 0 Å². The van der Waals surface area contributed by atoms with Gasteiger partial charge in [-0.05, 0) is 5.56 Å². The largest absolute Gasteiger partial charge is 0.358 e. The van der Waals surface area contributed by atoms with Crippen LogP contribution in [-0.4, -0.2) is 25.4 Å². The highest BCUT2D eigenvalue weighted by Gasteiger charge is 2.22. The van der Waals surface area contributed by atoms with Gasteiger partial charge >= 0.3 is 0 Å². The highest BCUT2D eigenvalue weighted by atomic mass is 16.2. The molecule has 0 aliphatic carbocycles. The van der Waals surface area contributed by atoms with Gasteiger partial charge in [0.25, 0.3) is 0 Å². The fourth-order valence-electron chi connectivity index (χ4n) is 1.54. The summed E-state index contributed by atoms with van der Waals surface area (Å²) in [6, 6.07) is 9.04. The number of nitrogens with two attached hydrogens (primary N) is 1. The molecule has 0 radical (unpaired) electrons. The fraction of sp³-hybridized carbons (Fsp3) is 0.385. The second-order valence-corrected chi connectivity index (χ2v) is 4.12. The first-order valence-corrected chi connectivity index (χ1v) is 5.85. The van der Waals surface area contributed by atoms with Gasteiger partial charge in [-0.3, -0.25) is 9.59 Å². The summed E-state index contributed by atoms with van der Waals surface area (Å²) in [4.78, 5) is 22.8. The number of likely N-dealkylation sites (N-methyl/N-ethyl adjacent to an activating group) is 1. The van der Waals surface area contributed by atoms with E-state index in [1.807, 2.05) is 30.3 Å². The fourth-order valence-corrected chi connectivity index (χ4v) is 1.54. The second-order valence-electron chi connectivity index (χ2n) is 4.12. The maximum absolute atomic E-state index is 11.8. The van der Waals surface area contributed by atoms with E-state index in [0.29, 0.717) is 0 Å². The Morgan fingerprint density at radius 3 is 2.44 bits per heavy atom. The van der Waals surface area contributed by atoms with Crippen LogP contribution in [0.3, 0.4) is 0 Å². The van der Waals surface area contributed by atoms with Gasteiger partial charge in [0.15, 0.2) is 0 Å². The van der Waals surface area contributed by atoms with Crippen molar-refractivity contribution in [2.24, 2.45) is 11.7 Å². The van der Waals surface area contributed by atoms with Crippen molar-refractivity contribution in [2.45, 2.75) is 13.0 Å². The van der Waals surface area contributed by atoms with E-state index in [1.165, 1.54) is 7.05 Å². The maximum Gasteiger partial charge on any atom is 0.239 e. The predicted octanol–water partition coefficient (Wildman–Crippen LogP) is 0.185. The van der Waals surface area contributed by atoms with Crippen LogP contribution in [0.25, 0.3) is 0 Å². The Labute approximate surface area is 107 Å². The summed E-state index contributed by atoms with van der Waals surface area (Å²) in [7, 11) is 1.52. The highest BCUT2D eigenvalue weighted by Crippen LogP contribution is 2.18. The van der Waals surface area contributed by atoms with Crippen molar-refractivity contribution in [1.29, 1.82) is 0 Å². The van der Waals surface area contributed by atoms with E-state index in [4.69, 9.17) is 5.73 Å². The van der Waals surface area contributed by atoms with Crippen LogP contribution in [0.1, 0.15) is 18.5 Å². The van der Waals surface area contributed by atoms with Crippen molar-refractivity contribution in [3.63, 3.8) is 0 Å². The molecule has 98 valence electrons. The molecule has 18 heavy (non-hydrogen) atoms. The molecule has 5 heteroatoms. The van der Waals surface area contributed by atoms with E-state index < -0.39 is 5.92 Å². The van der Waals surface area contributed by atoms with Crippen molar-refractivity contribution in [2.75, 3.05) is 13.6 Å². The molecule has 1 rings (SSSR count). The van der Waals surface area contributed by atoms with Crippen LogP contribution in [0.15, 0.2) is 30.3 Å². The minimum absolute atomic E-state index is 0.0266. The van der Waals surface area contributed by atoms with Gasteiger partial charge in [-0.2, -0.15) is 0 Å². The SMILES string of the molecule is CNC(=O)CNC(=O)C(C)C(N)c1ccccc1. The number of nitrogens with one attached hydrogen (secondary N) is 2. The first-order chi connectivity index (χ1) is 8.56. The van der Waals surface area contributed by atoms with Gasteiger partial charge in [0.1, 0.15) is 0 Å². The molecular formula is C13H19N3O2. The van der Waals surface area contributed by atoms with E-state index >= 15 is 0 Å². The Kier molecular flexibility index (Phi) is 5.32. The molecule has 0 aliphatic heterocycles. The van der Waals surface area contributed by atoms with Gasteiger partial charge < -0.3 is 16.4 Å². The van der Waals surface area contributed by atoms with Crippen molar-refractivity contribution in [3.05, 3.63) is 35.9 Å². The zero-order chi connectivity index (χ0) is 13.5. The van der Waals surface area contributed by atoms with Crippen molar-refractivity contribution in [1.82, 2.24) is 10.6 Å². The monoisotopic (exact) mass is 249 g/mol. The third-order valence-corrected chi connectivity index (χ3v) is 2.84. The van der Waals surface area contributed by atoms with E-state index in [2.05, 4.69) is 10.6 Å². The third kappa shape index (κ3) is 3.85. The van der Waals surface area contributed by atoms with Gasteiger partial charge in [-0.25, -0.2) is 0 Å². The third-order valence-electron chi connectivity index (χ3n) is 2.84. The van der Waals surface area contributed by atoms with E-state index in [0.717, 1.165) is 5.56 Å². The number of rotatable bonds is 5. The Morgan fingerprint density at radius 1 is 1.28 bits per heavy atom. The molecular weight excluding hydrogens is 230 g/mol. The highest BCUT2D eigenvalue weighted by molar-refractivity contribution is 5.85. The van der Waals surface area contributed by atoms with Crippen LogP contribution in [0.4, 0.5) is 0 Å². The minimum Gasteiger partial charge on any atom is -0.358 e. The van der Waals surface area contributed by atoms with Gasteiger partial charge in [0, 0.05) is 13.1 Å². The predicted molar refractivity (Wildman–Crippen MR) is 69.6 cm³/mol. The Hall–Kier alpha value is -1.88. The van der Waals surface area contributed by atoms with Gasteiger partial charge in [0.05, 0.1) is 12.5 Å². The molecule has 4 N–H and O–H groups in total. The molecule has 1 aromatic rings. The zero-order valence-corrected chi connectivity index (χ0v) is 10.6. The molecule has 0 aromatic heterocycles. The molecule has 0 bridgehead atoms.